The Bertz CT molecular complexity index is 949. The van der Waals surface area contributed by atoms with Gasteiger partial charge in [0.1, 0.15) is 23.5 Å². The molecule has 9 nitrogen and oxygen atoms in total. The molecule has 0 saturated heterocycles. The largest absolute Gasteiger partial charge is 0.508 e. The second-order valence-corrected chi connectivity index (χ2v) is 5.50. The zero-order chi connectivity index (χ0) is 19.2. The molecule has 0 aliphatic heterocycles. The van der Waals surface area contributed by atoms with Crippen molar-refractivity contribution in [2.24, 2.45) is 0 Å². The molecular weight excluding hydrogens is 348 g/mol. The highest BCUT2D eigenvalue weighted by atomic mass is 16.5. The van der Waals surface area contributed by atoms with Crippen molar-refractivity contribution in [3.05, 3.63) is 60.7 Å². The molecule has 0 radical (unpaired) electrons. The highest BCUT2D eigenvalue weighted by Crippen LogP contribution is 2.37. The van der Waals surface area contributed by atoms with Crippen LogP contribution in [0.25, 0.3) is 0 Å². The Kier molecular flexibility index (Phi) is 5.22. The monoisotopic (exact) mass is 366 g/mol. The first-order valence-electron chi connectivity index (χ1n) is 7.93. The van der Waals surface area contributed by atoms with E-state index in [4.69, 9.17) is 10.5 Å². The molecule has 0 aliphatic carbocycles. The lowest BCUT2D eigenvalue weighted by atomic mass is 10.2. The number of hydrazine groups is 1. The summed E-state index contributed by atoms with van der Waals surface area (Å²) in [6.07, 6.45) is 2.76. The molecule has 0 aliphatic rings. The lowest BCUT2D eigenvalue weighted by Crippen LogP contribution is -2.30. The summed E-state index contributed by atoms with van der Waals surface area (Å²) in [7, 11) is 1.50. The first-order chi connectivity index (χ1) is 13.1. The Labute approximate surface area is 155 Å². The first-order valence-corrected chi connectivity index (χ1v) is 7.93. The summed E-state index contributed by atoms with van der Waals surface area (Å²) in [5, 5.41) is 12.7. The molecule has 1 aromatic heterocycles. The average molecular weight is 366 g/mol. The number of carbonyl (C=O) groups excluding carboxylic acids is 1. The quantitative estimate of drug-likeness (QED) is 0.331. The van der Waals surface area contributed by atoms with Crippen LogP contribution >= 0.6 is 0 Å². The zero-order valence-electron chi connectivity index (χ0n) is 14.4. The van der Waals surface area contributed by atoms with Crippen LogP contribution in [0.5, 0.6) is 11.5 Å². The Morgan fingerprint density at radius 3 is 2.70 bits per heavy atom. The average Bonchev–Trinajstić information content (AvgIpc) is 2.66. The first kappa shape index (κ1) is 17.8. The van der Waals surface area contributed by atoms with Crippen LogP contribution in [0.4, 0.5) is 22.7 Å². The number of aromatic nitrogens is 2. The van der Waals surface area contributed by atoms with Crippen LogP contribution in [-0.4, -0.2) is 28.1 Å². The van der Waals surface area contributed by atoms with E-state index >= 15 is 0 Å². The van der Waals surface area contributed by atoms with Gasteiger partial charge in [0, 0.05) is 23.6 Å². The third-order valence-corrected chi connectivity index (χ3v) is 3.57. The standard InChI is InChI=1S/C18H18N6O3/c1-27-17-15(22-12-3-2-4-13(25)9-12)7-11(19)8-16(17)23-24-18(26)14-5-6-20-10-21-14/h2-10,22-23,25H,19H2,1H3,(H,24,26). The molecule has 3 rings (SSSR count). The summed E-state index contributed by atoms with van der Waals surface area (Å²) in [4.78, 5) is 19.8. The van der Waals surface area contributed by atoms with Crippen molar-refractivity contribution < 1.29 is 14.6 Å². The Balaban J connectivity index is 1.83. The Morgan fingerprint density at radius 1 is 1.19 bits per heavy atom. The molecule has 27 heavy (non-hydrogen) atoms. The van der Waals surface area contributed by atoms with Gasteiger partial charge in [0.05, 0.1) is 12.8 Å². The molecule has 138 valence electrons. The molecule has 0 bridgehead atoms. The third-order valence-electron chi connectivity index (χ3n) is 3.57. The number of phenols is 1. The number of hydrogen-bond acceptors (Lipinski definition) is 8. The minimum atomic E-state index is -0.440. The van der Waals surface area contributed by atoms with E-state index in [-0.39, 0.29) is 11.4 Å². The molecule has 0 fully saturated rings. The summed E-state index contributed by atoms with van der Waals surface area (Å²) in [5.41, 5.74) is 13.6. The summed E-state index contributed by atoms with van der Waals surface area (Å²) in [6, 6.07) is 11.4. The number of anilines is 4. The number of amides is 1. The van der Waals surface area contributed by atoms with Crippen LogP contribution in [0.15, 0.2) is 55.0 Å². The topological polar surface area (TPSA) is 134 Å². The number of carbonyl (C=O) groups is 1. The van der Waals surface area contributed by atoms with Crippen molar-refractivity contribution >= 4 is 28.7 Å². The van der Waals surface area contributed by atoms with Crippen LogP contribution < -0.4 is 26.6 Å². The van der Waals surface area contributed by atoms with Crippen molar-refractivity contribution in [2.75, 3.05) is 23.6 Å². The van der Waals surface area contributed by atoms with E-state index in [1.807, 2.05) is 0 Å². The second kappa shape index (κ2) is 7.91. The van der Waals surface area contributed by atoms with Gasteiger partial charge in [0.2, 0.25) is 0 Å². The highest BCUT2D eigenvalue weighted by molar-refractivity contribution is 5.93. The fraction of sp³-hybridized carbons (Fsp3) is 0.0556. The van der Waals surface area contributed by atoms with Crippen LogP contribution in [0.2, 0.25) is 0 Å². The summed E-state index contributed by atoms with van der Waals surface area (Å²) in [5.74, 6) is 0.109. The van der Waals surface area contributed by atoms with Gasteiger partial charge in [-0.3, -0.25) is 15.6 Å². The number of aromatic hydroxyl groups is 1. The van der Waals surface area contributed by atoms with Gasteiger partial charge in [0.15, 0.2) is 5.75 Å². The third kappa shape index (κ3) is 4.34. The van der Waals surface area contributed by atoms with Gasteiger partial charge in [-0.1, -0.05) is 6.07 Å². The van der Waals surface area contributed by atoms with E-state index in [9.17, 15) is 9.90 Å². The predicted molar refractivity (Wildman–Crippen MR) is 102 cm³/mol. The molecular formula is C18H18N6O3. The number of ether oxygens (including phenoxy) is 1. The number of rotatable bonds is 6. The molecule has 6 N–H and O–H groups in total. The maximum Gasteiger partial charge on any atom is 0.288 e. The predicted octanol–water partition coefficient (Wildman–Crippen LogP) is 2.27. The van der Waals surface area contributed by atoms with Crippen LogP contribution in [0.3, 0.4) is 0 Å². The number of nitrogens with two attached hydrogens (primary N) is 1. The number of nitrogens with zero attached hydrogens (tertiary/aromatic N) is 2. The normalized spacial score (nSPS) is 10.1. The maximum atomic E-state index is 12.1. The van der Waals surface area contributed by atoms with Crippen molar-refractivity contribution in [1.82, 2.24) is 15.4 Å². The summed E-state index contributed by atoms with van der Waals surface area (Å²) in [6.45, 7) is 0. The van der Waals surface area contributed by atoms with Gasteiger partial charge in [-0.15, -0.1) is 0 Å². The molecule has 2 aromatic carbocycles. The van der Waals surface area contributed by atoms with Crippen LogP contribution in [0.1, 0.15) is 10.5 Å². The van der Waals surface area contributed by atoms with Crippen molar-refractivity contribution in [2.45, 2.75) is 0 Å². The second-order valence-electron chi connectivity index (χ2n) is 5.50. The minimum Gasteiger partial charge on any atom is -0.508 e. The minimum absolute atomic E-state index is 0.123. The van der Waals surface area contributed by atoms with Gasteiger partial charge in [0.25, 0.3) is 5.91 Å². The maximum absolute atomic E-state index is 12.1. The smallest absolute Gasteiger partial charge is 0.288 e. The Hall–Kier alpha value is -4.01. The van der Waals surface area contributed by atoms with E-state index in [0.29, 0.717) is 28.5 Å². The van der Waals surface area contributed by atoms with Crippen molar-refractivity contribution in [1.29, 1.82) is 0 Å². The number of nitrogen functional groups attached to an aromatic ring is 1. The Morgan fingerprint density at radius 2 is 2.00 bits per heavy atom. The van der Waals surface area contributed by atoms with Crippen LogP contribution in [0, 0.1) is 0 Å². The molecule has 0 unspecified atom stereocenters. The van der Waals surface area contributed by atoms with Gasteiger partial charge in [-0.05, 0) is 30.3 Å². The van der Waals surface area contributed by atoms with E-state index in [1.165, 1.54) is 25.7 Å². The number of benzene rings is 2. The molecule has 1 amide bonds. The van der Waals surface area contributed by atoms with E-state index in [0.717, 1.165) is 0 Å². The molecule has 0 spiro atoms. The molecule has 0 atom stereocenters. The molecule has 0 saturated carbocycles. The van der Waals surface area contributed by atoms with Crippen molar-refractivity contribution in [3.8, 4) is 11.5 Å². The van der Waals surface area contributed by atoms with E-state index < -0.39 is 5.91 Å². The van der Waals surface area contributed by atoms with Crippen LogP contribution in [-0.2, 0) is 0 Å². The molecule has 9 heteroatoms. The zero-order valence-corrected chi connectivity index (χ0v) is 14.4. The van der Waals surface area contributed by atoms with E-state index in [2.05, 4.69) is 26.1 Å². The highest BCUT2D eigenvalue weighted by Gasteiger charge is 2.13. The fourth-order valence-corrected chi connectivity index (χ4v) is 2.41. The van der Waals surface area contributed by atoms with Crippen molar-refractivity contribution in [3.63, 3.8) is 0 Å². The van der Waals surface area contributed by atoms with Gasteiger partial charge < -0.3 is 20.9 Å². The number of hydrogen-bond donors (Lipinski definition) is 5. The molecule has 1 heterocycles. The van der Waals surface area contributed by atoms with Gasteiger partial charge >= 0.3 is 0 Å². The number of nitrogens with one attached hydrogen (secondary N) is 3. The summed E-state index contributed by atoms with van der Waals surface area (Å²) >= 11 is 0. The van der Waals surface area contributed by atoms with Gasteiger partial charge in [-0.25, -0.2) is 9.97 Å². The lowest BCUT2D eigenvalue weighted by Gasteiger charge is -2.17. The number of phenolic OH excluding ortho intramolecular Hbond substituents is 1. The van der Waals surface area contributed by atoms with E-state index in [1.54, 1.807) is 36.4 Å². The molecule has 3 aromatic rings. The lowest BCUT2D eigenvalue weighted by molar-refractivity contribution is 0.0957. The van der Waals surface area contributed by atoms with Gasteiger partial charge in [-0.2, -0.15) is 0 Å². The number of methoxy groups -OCH3 is 1. The SMILES string of the molecule is COc1c(NNC(=O)c2ccncn2)cc(N)cc1Nc1cccc(O)c1. The summed E-state index contributed by atoms with van der Waals surface area (Å²) < 4.78 is 5.45. The fourth-order valence-electron chi connectivity index (χ4n) is 2.41.